The quantitative estimate of drug-likeness (QED) is 0.625. The second kappa shape index (κ2) is 6.79. The smallest absolute Gasteiger partial charge is 0.246 e. The van der Waals surface area contributed by atoms with Crippen LogP contribution in [0, 0.1) is 0 Å². The van der Waals surface area contributed by atoms with E-state index in [0.29, 0.717) is 18.8 Å². The maximum atomic E-state index is 12.1. The zero-order valence-electron chi connectivity index (χ0n) is 12.4. The number of fused-ring (bicyclic) bond motifs is 1. The molecule has 1 heterocycles. The van der Waals surface area contributed by atoms with Crippen LogP contribution in [0.25, 0.3) is 17.1 Å². The number of carbonyl (C=O) groups excluding carboxylic acids is 1. The highest BCUT2D eigenvalue weighted by Crippen LogP contribution is 2.09. The summed E-state index contributed by atoms with van der Waals surface area (Å²) in [5, 5.41) is 0. The third-order valence-electron chi connectivity index (χ3n) is 3.02. The van der Waals surface area contributed by atoms with E-state index in [0.717, 1.165) is 16.6 Å². The molecule has 0 aliphatic carbocycles. The van der Waals surface area contributed by atoms with Crippen LogP contribution in [0.1, 0.15) is 19.5 Å². The Morgan fingerprint density at radius 2 is 2.05 bits per heavy atom. The highest BCUT2D eigenvalue weighted by molar-refractivity contribution is 5.91. The first-order valence-electron chi connectivity index (χ1n) is 6.93. The standard InChI is InChI=1S/C17H19N3O/c1-4-20(12-13(2)3)17(21)10-9-14-11-18-15-7-5-6-8-16(15)19-14/h5-11H,2,4,12H2,1,3H3/b10-9+. The number of likely N-dealkylation sites (N-methyl/N-ethyl adjacent to an activating group) is 1. The lowest BCUT2D eigenvalue weighted by Gasteiger charge is -2.18. The molecule has 0 saturated heterocycles. The molecule has 0 atom stereocenters. The predicted octanol–water partition coefficient (Wildman–Crippen LogP) is 3.07. The summed E-state index contributed by atoms with van der Waals surface area (Å²) in [6, 6.07) is 7.65. The van der Waals surface area contributed by atoms with Crippen LogP contribution in [0.2, 0.25) is 0 Å². The van der Waals surface area contributed by atoms with Gasteiger partial charge in [-0.1, -0.05) is 24.3 Å². The lowest BCUT2D eigenvalue weighted by atomic mass is 10.2. The first-order chi connectivity index (χ1) is 10.1. The molecule has 4 nitrogen and oxygen atoms in total. The van der Waals surface area contributed by atoms with E-state index in [2.05, 4.69) is 16.5 Å². The molecular formula is C17H19N3O. The largest absolute Gasteiger partial charge is 0.335 e. The Hall–Kier alpha value is -2.49. The van der Waals surface area contributed by atoms with Crippen LogP contribution in [0.5, 0.6) is 0 Å². The summed E-state index contributed by atoms with van der Waals surface area (Å²) in [4.78, 5) is 22.6. The Labute approximate surface area is 124 Å². The minimum absolute atomic E-state index is 0.0459. The first-order valence-corrected chi connectivity index (χ1v) is 6.93. The van der Waals surface area contributed by atoms with E-state index in [-0.39, 0.29) is 5.91 Å². The van der Waals surface area contributed by atoms with E-state index < -0.39 is 0 Å². The molecule has 21 heavy (non-hydrogen) atoms. The summed E-state index contributed by atoms with van der Waals surface area (Å²) in [5.74, 6) is -0.0459. The molecular weight excluding hydrogens is 262 g/mol. The first kappa shape index (κ1) is 14.9. The average Bonchev–Trinajstić information content (AvgIpc) is 2.49. The Bertz CT molecular complexity index is 691. The molecule has 0 radical (unpaired) electrons. The number of rotatable bonds is 5. The monoisotopic (exact) mass is 281 g/mol. The fraction of sp³-hybridized carbons (Fsp3) is 0.235. The van der Waals surface area contributed by atoms with Gasteiger partial charge in [-0.05, 0) is 32.1 Å². The summed E-state index contributed by atoms with van der Waals surface area (Å²) in [5.41, 5.74) is 3.30. The van der Waals surface area contributed by atoms with Crippen molar-refractivity contribution in [1.29, 1.82) is 0 Å². The molecule has 0 N–H and O–H groups in total. The van der Waals surface area contributed by atoms with Crippen molar-refractivity contribution in [3.05, 3.63) is 54.4 Å². The van der Waals surface area contributed by atoms with Crippen LogP contribution < -0.4 is 0 Å². The van der Waals surface area contributed by atoms with Gasteiger partial charge in [0.1, 0.15) is 0 Å². The molecule has 0 unspecified atom stereocenters. The van der Waals surface area contributed by atoms with E-state index >= 15 is 0 Å². The Kier molecular flexibility index (Phi) is 4.82. The van der Waals surface area contributed by atoms with Gasteiger partial charge < -0.3 is 4.90 Å². The normalized spacial score (nSPS) is 11.0. The SMILES string of the molecule is C=C(C)CN(CC)C(=O)/C=C/c1cnc2ccccc2n1. The highest BCUT2D eigenvalue weighted by Gasteiger charge is 2.07. The van der Waals surface area contributed by atoms with Crippen molar-refractivity contribution in [2.24, 2.45) is 0 Å². The second-order valence-corrected chi connectivity index (χ2v) is 4.93. The van der Waals surface area contributed by atoms with Crippen LogP contribution in [-0.4, -0.2) is 33.9 Å². The molecule has 0 spiro atoms. The van der Waals surface area contributed by atoms with Crippen molar-refractivity contribution in [1.82, 2.24) is 14.9 Å². The molecule has 0 bridgehead atoms. The van der Waals surface area contributed by atoms with Crippen LogP contribution in [0.3, 0.4) is 0 Å². The maximum Gasteiger partial charge on any atom is 0.246 e. The molecule has 4 heteroatoms. The van der Waals surface area contributed by atoms with Gasteiger partial charge in [0.2, 0.25) is 5.91 Å². The van der Waals surface area contributed by atoms with E-state index in [4.69, 9.17) is 0 Å². The van der Waals surface area contributed by atoms with E-state index in [9.17, 15) is 4.79 Å². The van der Waals surface area contributed by atoms with Gasteiger partial charge in [0.05, 0.1) is 22.9 Å². The number of benzene rings is 1. The van der Waals surface area contributed by atoms with E-state index in [1.807, 2.05) is 38.1 Å². The van der Waals surface area contributed by atoms with E-state index in [1.165, 1.54) is 6.08 Å². The summed E-state index contributed by atoms with van der Waals surface area (Å²) in [6.45, 7) is 8.92. The third-order valence-corrected chi connectivity index (χ3v) is 3.02. The van der Waals surface area contributed by atoms with Gasteiger partial charge in [-0.25, -0.2) is 4.98 Å². The molecule has 0 saturated carbocycles. The fourth-order valence-corrected chi connectivity index (χ4v) is 1.99. The fourth-order valence-electron chi connectivity index (χ4n) is 1.99. The Morgan fingerprint density at radius 3 is 2.71 bits per heavy atom. The number of para-hydroxylation sites is 2. The van der Waals surface area contributed by atoms with Crippen LogP contribution in [0.4, 0.5) is 0 Å². The van der Waals surface area contributed by atoms with Crippen LogP contribution in [-0.2, 0) is 4.79 Å². The summed E-state index contributed by atoms with van der Waals surface area (Å²) < 4.78 is 0. The minimum Gasteiger partial charge on any atom is -0.335 e. The summed E-state index contributed by atoms with van der Waals surface area (Å²) in [7, 11) is 0. The Balaban J connectivity index is 2.14. The van der Waals surface area contributed by atoms with Gasteiger partial charge in [-0.15, -0.1) is 0 Å². The molecule has 1 amide bonds. The average molecular weight is 281 g/mol. The zero-order chi connectivity index (χ0) is 15.2. The number of carbonyl (C=O) groups is 1. The Morgan fingerprint density at radius 1 is 1.33 bits per heavy atom. The van der Waals surface area contributed by atoms with Gasteiger partial charge in [-0.2, -0.15) is 0 Å². The number of nitrogens with zero attached hydrogens (tertiary/aromatic N) is 3. The van der Waals surface area contributed by atoms with Gasteiger partial charge in [-0.3, -0.25) is 9.78 Å². The number of amides is 1. The zero-order valence-corrected chi connectivity index (χ0v) is 12.4. The van der Waals surface area contributed by atoms with Crippen molar-refractivity contribution in [2.75, 3.05) is 13.1 Å². The van der Waals surface area contributed by atoms with Gasteiger partial charge in [0, 0.05) is 19.2 Å². The van der Waals surface area contributed by atoms with Crippen LogP contribution >= 0.6 is 0 Å². The third kappa shape index (κ3) is 3.99. The van der Waals surface area contributed by atoms with Crippen molar-refractivity contribution in [3.63, 3.8) is 0 Å². The molecule has 0 aliphatic rings. The maximum absolute atomic E-state index is 12.1. The highest BCUT2D eigenvalue weighted by atomic mass is 16.2. The van der Waals surface area contributed by atoms with Gasteiger partial charge in [0.15, 0.2) is 0 Å². The van der Waals surface area contributed by atoms with Crippen molar-refractivity contribution < 1.29 is 4.79 Å². The minimum atomic E-state index is -0.0459. The van der Waals surface area contributed by atoms with Crippen molar-refractivity contribution in [2.45, 2.75) is 13.8 Å². The molecule has 0 aliphatic heterocycles. The van der Waals surface area contributed by atoms with Crippen molar-refractivity contribution in [3.8, 4) is 0 Å². The lowest BCUT2D eigenvalue weighted by molar-refractivity contribution is -0.125. The predicted molar refractivity (Wildman–Crippen MR) is 85.6 cm³/mol. The number of hydrogen-bond donors (Lipinski definition) is 0. The van der Waals surface area contributed by atoms with Crippen molar-refractivity contribution >= 4 is 23.0 Å². The lowest BCUT2D eigenvalue weighted by Crippen LogP contribution is -2.30. The summed E-state index contributed by atoms with van der Waals surface area (Å²) >= 11 is 0. The number of aromatic nitrogens is 2. The van der Waals surface area contributed by atoms with Gasteiger partial charge in [0.25, 0.3) is 0 Å². The number of hydrogen-bond acceptors (Lipinski definition) is 3. The second-order valence-electron chi connectivity index (χ2n) is 4.93. The topological polar surface area (TPSA) is 46.1 Å². The molecule has 1 aromatic heterocycles. The van der Waals surface area contributed by atoms with E-state index in [1.54, 1.807) is 17.2 Å². The molecule has 0 fully saturated rings. The molecule has 1 aromatic carbocycles. The molecule has 2 rings (SSSR count). The molecule has 108 valence electrons. The molecule has 2 aromatic rings. The van der Waals surface area contributed by atoms with Crippen LogP contribution in [0.15, 0.2) is 48.7 Å². The van der Waals surface area contributed by atoms with Gasteiger partial charge >= 0.3 is 0 Å². The summed E-state index contributed by atoms with van der Waals surface area (Å²) in [6.07, 6.45) is 4.90.